The summed E-state index contributed by atoms with van der Waals surface area (Å²) in [5.74, 6) is 0. The molecule has 0 aliphatic heterocycles. The molecule has 0 heterocycles. The average Bonchev–Trinajstić information content (AvgIpc) is 2.12. The van der Waals surface area contributed by atoms with Crippen molar-refractivity contribution in [2.24, 2.45) is 4.99 Å². The quantitative estimate of drug-likeness (QED) is 0.510. The van der Waals surface area contributed by atoms with Crippen molar-refractivity contribution in [3.05, 3.63) is 28.2 Å². The minimum absolute atomic E-state index is 0.354. The van der Waals surface area contributed by atoms with E-state index in [0.717, 1.165) is 5.69 Å². The molecule has 0 fully saturated rings. The summed E-state index contributed by atoms with van der Waals surface area (Å²) in [6.07, 6.45) is 1.61. The number of halogens is 2. The summed E-state index contributed by atoms with van der Waals surface area (Å²) in [4.78, 5) is 5.80. The third-order valence-electron chi connectivity index (χ3n) is 1.52. The monoisotopic (exact) mass is 275 g/mol. The molecule has 0 atom stereocenters. The predicted octanol–water partition coefficient (Wildman–Crippen LogP) is 3.28. The third-order valence-corrected chi connectivity index (χ3v) is 2.16. The van der Waals surface area contributed by atoms with Gasteiger partial charge in [-0.2, -0.15) is 0 Å². The van der Waals surface area contributed by atoms with Crippen molar-refractivity contribution in [3.8, 4) is 0 Å². The molecule has 0 unspecified atom stereocenters. The SMILES string of the molecule is CN(C)/C=N/C(=S)Nc1cc(Cl)cc(Cl)c1. The van der Waals surface area contributed by atoms with E-state index in [1.54, 1.807) is 29.4 Å². The van der Waals surface area contributed by atoms with Crippen LogP contribution in [0.15, 0.2) is 23.2 Å². The Hall–Kier alpha value is -0.840. The maximum Gasteiger partial charge on any atom is 0.198 e. The van der Waals surface area contributed by atoms with Gasteiger partial charge in [0.15, 0.2) is 5.11 Å². The molecule has 1 aromatic rings. The predicted molar refractivity (Wildman–Crippen MR) is 74.9 cm³/mol. The fraction of sp³-hybridized carbons (Fsp3) is 0.200. The standard InChI is InChI=1S/C10H11Cl2N3S/c1-15(2)6-13-10(16)14-9-4-7(11)3-8(12)5-9/h3-6H,1-2H3,(H,14,16)/b13-6+. The van der Waals surface area contributed by atoms with Crippen molar-refractivity contribution in [2.45, 2.75) is 0 Å². The van der Waals surface area contributed by atoms with Crippen LogP contribution < -0.4 is 5.32 Å². The number of nitrogens with zero attached hydrogens (tertiary/aromatic N) is 2. The van der Waals surface area contributed by atoms with Gasteiger partial charge < -0.3 is 10.2 Å². The van der Waals surface area contributed by atoms with Gasteiger partial charge in [-0.3, -0.25) is 0 Å². The van der Waals surface area contributed by atoms with Gasteiger partial charge in [-0.05, 0) is 30.4 Å². The van der Waals surface area contributed by atoms with Crippen LogP contribution in [-0.2, 0) is 0 Å². The van der Waals surface area contributed by atoms with Gasteiger partial charge in [0.05, 0.1) is 6.34 Å². The van der Waals surface area contributed by atoms with E-state index in [1.807, 2.05) is 14.1 Å². The van der Waals surface area contributed by atoms with Crippen molar-refractivity contribution in [3.63, 3.8) is 0 Å². The lowest BCUT2D eigenvalue weighted by atomic mass is 10.3. The molecule has 3 nitrogen and oxygen atoms in total. The van der Waals surface area contributed by atoms with Crippen LogP contribution in [0, 0.1) is 0 Å². The Labute approximate surface area is 110 Å². The molecule has 0 aliphatic rings. The summed E-state index contributed by atoms with van der Waals surface area (Å²) >= 11 is 16.7. The normalized spacial score (nSPS) is 10.5. The second-order valence-electron chi connectivity index (χ2n) is 3.30. The number of aliphatic imine (C=N–C) groups is 1. The van der Waals surface area contributed by atoms with Crippen LogP contribution in [0.1, 0.15) is 0 Å². The zero-order valence-corrected chi connectivity index (χ0v) is 11.2. The van der Waals surface area contributed by atoms with E-state index in [0.29, 0.717) is 15.2 Å². The molecular formula is C10H11Cl2N3S. The van der Waals surface area contributed by atoms with Crippen molar-refractivity contribution >= 4 is 52.6 Å². The minimum Gasteiger partial charge on any atom is -0.369 e. The Morgan fingerprint density at radius 1 is 1.31 bits per heavy atom. The number of nitrogens with one attached hydrogen (secondary N) is 1. The van der Waals surface area contributed by atoms with Crippen LogP contribution in [0.3, 0.4) is 0 Å². The number of rotatable bonds is 2. The van der Waals surface area contributed by atoms with Gasteiger partial charge in [-0.15, -0.1) is 0 Å². The highest BCUT2D eigenvalue weighted by molar-refractivity contribution is 7.80. The Bertz CT molecular complexity index is 398. The summed E-state index contributed by atoms with van der Waals surface area (Å²) in [6.45, 7) is 0. The van der Waals surface area contributed by atoms with E-state index < -0.39 is 0 Å². The molecule has 6 heteroatoms. The molecule has 0 aliphatic carbocycles. The molecule has 0 radical (unpaired) electrons. The van der Waals surface area contributed by atoms with E-state index in [-0.39, 0.29) is 0 Å². The van der Waals surface area contributed by atoms with Crippen LogP contribution >= 0.6 is 35.4 Å². The lowest BCUT2D eigenvalue weighted by molar-refractivity contribution is 0.644. The summed E-state index contributed by atoms with van der Waals surface area (Å²) in [5, 5.41) is 4.37. The van der Waals surface area contributed by atoms with Crippen LogP contribution in [0.5, 0.6) is 0 Å². The number of anilines is 1. The topological polar surface area (TPSA) is 27.6 Å². The van der Waals surface area contributed by atoms with E-state index in [9.17, 15) is 0 Å². The van der Waals surface area contributed by atoms with Gasteiger partial charge in [0, 0.05) is 29.8 Å². The summed E-state index contributed by atoms with van der Waals surface area (Å²) in [6, 6.07) is 5.11. The first-order valence-electron chi connectivity index (χ1n) is 4.45. The summed E-state index contributed by atoms with van der Waals surface area (Å²) in [7, 11) is 3.73. The minimum atomic E-state index is 0.354. The molecule has 0 saturated heterocycles. The molecule has 0 amide bonds. The van der Waals surface area contributed by atoms with E-state index >= 15 is 0 Å². The first-order valence-corrected chi connectivity index (χ1v) is 5.61. The van der Waals surface area contributed by atoms with Crippen molar-refractivity contribution in [1.82, 2.24) is 4.90 Å². The van der Waals surface area contributed by atoms with Gasteiger partial charge in [0.2, 0.25) is 0 Å². The molecule has 0 bridgehead atoms. The second-order valence-corrected chi connectivity index (χ2v) is 4.56. The molecule has 0 spiro atoms. The Morgan fingerprint density at radius 3 is 2.38 bits per heavy atom. The Morgan fingerprint density at radius 2 is 1.88 bits per heavy atom. The number of benzene rings is 1. The van der Waals surface area contributed by atoms with Gasteiger partial charge in [0.25, 0.3) is 0 Å². The van der Waals surface area contributed by atoms with Gasteiger partial charge in [-0.25, -0.2) is 4.99 Å². The fourth-order valence-electron chi connectivity index (χ4n) is 0.950. The van der Waals surface area contributed by atoms with Gasteiger partial charge >= 0.3 is 0 Å². The zero-order chi connectivity index (χ0) is 12.1. The van der Waals surface area contributed by atoms with E-state index in [2.05, 4.69) is 10.3 Å². The molecule has 0 aromatic heterocycles. The first-order chi connectivity index (χ1) is 7.47. The average molecular weight is 276 g/mol. The smallest absolute Gasteiger partial charge is 0.198 e. The molecule has 86 valence electrons. The lowest BCUT2D eigenvalue weighted by Crippen LogP contribution is -2.12. The molecule has 16 heavy (non-hydrogen) atoms. The highest BCUT2D eigenvalue weighted by Crippen LogP contribution is 2.22. The van der Waals surface area contributed by atoms with Crippen LogP contribution in [0.2, 0.25) is 10.0 Å². The first kappa shape index (κ1) is 13.2. The third kappa shape index (κ3) is 4.79. The van der Waals surface area contributed by atoms with E-state index in [4.69, 9.17) is 35.4 Å². The van der Waals surface area contributed by atoms with Crippen LogP contribution in [0.4, 0.5) is 5.69 Å². The maximum atomic E-state index is 5.85. The molecule has 1 N–H and O–H groups in total. The summed E-state index contributed by atoms with van der Waals surface area (Å²) < 4.78 is 0. The number of thiocarbonyl (C=S) groups is 1. The molecular weight excluding hydrogens is 265 g/mol. The number of hydrogen-bond donors (Lipinski definition) is 1. The zero-order valence-electron chi connectivity index (χ0n) is 8.87. The largest absolute Gasteiger partial charge is 0.369 e. The van der Waals surface area contributed by atoms with Crippen molar-refractivity contribution < 1.29 is 0 Å². The molecule has 1 rings (SSSR count). The molecule has 1 aromatic carbocycles. The van der Waals surface area contributed by atoms with Crippen molar-refractivity contribution in [1.29, 1.82) is 0 Å². The van der Waals surface area contributed by atoms with Gasteiger partial charge in [0.1, 0.15) is 0 Å². The van der Waals surface area contributed by atoms with Crippen LogP contribution in [-0.4, -0.2) is 30.4 Å². The Balaban J connectivity index is 2.69. The van der Waals surface area contributed by atoms with Gasteiger partial charge in [-0.1, -0.05) is 23.2 Å². The number of hydrogen-bond acceptors (Lipinski definition) is 1. The van der Waals surface area contributed by atoms with Crippen molar-refractivity contribution in [2.75, 3.05) is 19.4 Å². The molecule has 0 saturated carbocycles. The highest BCUT2D eigenvalue weighted by Gasteiger charge is 1.99. The Kier molecular flexibility index (Phi) is 4.99. The summed E-state index contributed by atoms with van der Waals surface area (Å²) in [5.41, 5.74) is 0.721. The van der Waals surface area contributed by atoms with Crippen LogP contribution in [0.25, 0.3) is 0 Å². The highest BCUT2D eigenvalue weighted by atomic mass is 35.5. The second kappa shape index (κ2) is 6.03. The van der Waals surface area contributed by atoms with E-state index in [1.165, 1.54) is 0 Å². The maximum absolute atomic E-state index is 5.85. The lowest BCUT2D eigenvalue weighted by Gasteiger charge is -2.06. The fourth-order valence-corrected chi connectivity index (χ4v) is 1.64.